The molecule has 136 valence electrons. The molecule has 5 heteroatoms. The van der Waals surface area contributed by atoms with Crippen molar-refractivity contribution in [3.05, 3.63) is 35.6 Å². The smallest absolute Gasteiger partial charge is 0.253 e. The zero-order valence-electron chi connectivity index (χ0n) is 14.7. The fraction of sp³-hybridized carbons (Fsp3) is 0.650. The van der Waals surface area contributed by atoms with Crippen molar-refractivity contribution in [2.45, 2.75) is 38.1 Å². The van der Waals surface area contributed by atoms with Crippen LogP contribution in [-0.2, 0) is 0 Å². The first-order valence-electron chi connectivity index (χ1n) is 9.51. The van der Waals surface area contributed by atoms with Crippen LogP contribution in [0.3, 0.4) is 0 Å². The molecular weight excluding hydrogens is 319 g/mol. The number of hydrogen-bond acceptors (Lipinski definition) is 3. The average molecular weight is 346 g/mol. The number of amides is 1. The van der Waals surface area contributed by atoms with Crippen LogP contribution in [-0.4, -0.2) is 59.6 Å². The van der Waals surface area contributed by atoms with Crippen molar-refractivity contribution in [2.24, 2.45) is 11.3 Å². The highest BCUT2D eigenvalue weighted by atomic mass is 19.1. The van der Waals surface area contributed by atoms with E-state index in [9.17, 15) is 14.3 Å². The zero-order valence-corrected chi connectivity index (χ0v) is 14.7. The van der Waals surface area contributed by atoms with Gasteiger partial charge in [0.15, 0.2) is 0 Å². The molecule has 0 radical (unpaired) electrons. The predicted molar refractivity (Wildman–Crippen MR) is 93.8 cm³/mol. The van der Waals surface area contributed by atoms with E-state index in [1.54, 1.807) is 12.1 Å². The summed E-state index contributed by atoms with van der Waals surface area (Å²) in [6, 6.07) is 6.52. The number of nitrogens with zero attached hydrogens (tertiary/aromatic N) is 2. The summed E-state index contributed by atoms with van der Waals surface area (Å²) in [6.45, 7) is 3.78. The number of likely N-dealkylation sites (tertiary alicyclic amines) is 2. The molecule has 2 heterocycles. The number of halogens is 1. The summed E-state index contributed by atoms with van der Waals surface area (Å²) in [7, 11) is 0. The van der Waals surface area contributed by atoms with Gasteiger partial charge in [0.1, 0.15) is 5.82 Å². The first-order valence-corrected chi connectivity index (χ1v) is 9.51. The van der Waals surface area contributed by atoms with Gasteiger partial charge in [0.2, 0.25) is 0 Å². The average Bonchev–Trinajstić information content (AvgIpc) is 2.91. The van der Waals surface area contributed by atoms with E-state index in [0.29, 0.717) is 17.5 Å². The SMILES string of the molecule is O=C(c1ccc(F)cc1)N1CCC2(CC1)CN(C1CCC1)CC2CO. The van der Waals surface area contributed by atoms with Crippen LogP contribution in [0.2, 0.25) is 0 Å². The molecule has 1 aromatic carbocycles. The second-order valence-electron chi connectivity index (χ2n) is 8.06. The van der Waals surface area contributed by atoms with E-state index in [-0.39, 0.29) is 23.7 Å². The number of rotatable bonds is 3. The maximum absolute atomic E-state index is 13.1. The van der Waals surface area contributed by atoms with Crippen LogP contribution in [0.1, 0.15) is 42.5 Å². The Hall–Kier alpha value is -1.46. The van der Waals surface area contributed by atoms with Crippen molar-refractivity contribution < 1.29 is 14.3 Å². The van der Waals surface area contributed by atoms with E-state index in [1.165, 1.54) is 31.4 Å². The minimum absolute atomic E-state index is 0.00996. The number of carbonyl (C=O) groups is 1. The Morgan fingerprint density at radius 2 is 1.88 bits per heavy atom. The van der Waals surface area contributed by atoms with E-state index in [1.807, 2.05) is 4.90 Å². The molecule has 4 rings (SSSR count). The van der Waals surface area contributed by atoms with Crippen molar-refractivity contribution in [3.63, 3.8) is 0 Å². The summed E-state index contributed by atoms with van der Waals surface area (Å²) >= 11 is 0. The molecule has 0 bridgehead atoms. The van der Waals surface area contributed by atoms with Crippen LogP contribution < -0.4 is 0 Å². The summed E-state index contributed by atoms with van der Waals surface area (Å²) in [5.74, 6) is 0.00222. The lowest BCUT2D eigenvalue weighted by molar-refractivity contribution is 0.0385. The third kappa shape index (κ3) is 3.08. The lowest BCUT2D eigenvalue weighted by Gasteiger charge is -2.43. The molecule has 1 atom stereocenters. The molecule has 1 aromatic rings. The monoisotopic (exact) mass is 346 g/mol. The van der Waals surface area contributed by atoms with Gasteiger partial charge in [-0.15, -0.1) is 0 Å². The second-order valence-corrected chi connectivity index (χ2v) is 8.06. The van der Waals surface area contributed by atoms with E-state index in [2.05, 4.69) is 4.90 Å². The lowest BCUT2D eigenvalue weighted by atomic mass is 9.71. The summed E-state index contributed by atoms with van der Waals surface area (Å²) in [6.07, 6.45) is 5.83. The molecule has 3 fully saturated rings. The van der Waals surface area contributed by atoms with E-state index < -0.39 is 0 Å². The highest BCUT2D eigenvalue weighted by molar-refractivity contribution is 5.94. The van der Waals surface area contributed by atoms with E-state index >= 15 is 0 Å². The normalized spacial score (nSPS) is 26.8. The highest BCUT2D eigenvalue weighted by Crippen LogP contribution is 2.46. The summed E-state index contributed by atoms with van der Waals surface area (Å²) < 4.78 is 13.1. The fourth-order valence-corrected chi connectivity index (χ4v) is 4.85. The molecule has 3 aliphatic rings. The van der Waals surface area contributed by atoms with Crippen LogP contribution >= 0.6 is 0 Å². The molecule has 4 nitrogen and oxygen atoms in total. The summed E-state index contributed by atoms with van der Waals surface area (Å²) in [4.78, 5) is 17.1. The Morgan fingerprint density at radius 3 is 2.44 bits per heavy atom. The Balaban J connectivity index is 1.41. The van der Waals surface area contributed by atoms with Crippen molar-refractivity contribution in [2.75, 3.05) is 32.8 Å². The number of hydrogen-bond donors (Lipinski definition) is 1. The molecule has 2 aliphatic heterocycles. The molecule has 25 heavy (non-hydrogen) atoms. The zero-order chi connectivity index (χ0) is 17.4. The van der Waals surface area contributed by atoms with Gasteiger partial charge in [-0.2, -0.15) is 0 Å². The third-order valence-electron chi connectivity index (χ3n) is 6.79. The molecule has 1 N–H and O–H groups in total. The van der Waals surface area contributed by atoms with Crippen LogP contribution in [0.4, 0.5) is 4.39 Å². The topological polar surface area (TPSA) is 43.8 Å². The molecule has 1 aliphatic carbocycles. The second kappa shape index (κ2) is 6.69. The largest absolute Gasteiger partial charge is 0.396 e. The Labute approximate surface area is 148 Å². The van der Waals surface area contributed by atoms with Crippen LogP contribution in [0.25, 0.3) is 0 Å². The standard InChI is InChI=1S/C20H27FN2O2/c21-17-6-4-15(5-7-17)19(25)22-10-8-20(9-11-22)14-23(12-16(20)13-24)18-2-1-3-18/h4-7,16,18,24H,1-3,8-14H2. The van der Waals surface area contributed by atoms with Crippen molar-refractivity contribution >= 4 is 5.91 Å². The van der Waals surface area contributed by atoms with Crippen LogP contribution in [0.5, 0.6) is 0 Å². The lowest BCUT2D eigenvalue weighted by Crippen LogP contribution is -2.47. The minimum Gasteiger partial charge on any atom is -0.396 e. The summed E-state index contributed by atoms with van der Waals surface area (Å²) in [5, 5.41) is 9.91. The number of carbonyl (C=O) groups excluding carboxylic acids is 1. The Morgan fingerprint density at radius 1 is 1.20 bits per heavy atom. The molecule has 1 saturated carbocycles. The quantitative estimate of drug-likeness (QED) is 0.915. The Kier molecular flexibility index (Phi) is 4.54. The van der Waals surface area contributed by atoms with Gasteiger partial charge >= 0.3 is 0 Å². The molecule has 1 spiro atoms. The van der Waals surface area contributed by atoms with Crippen molar-refractivity contribution in [1.82, 2.24) is 9.80 Å². The molecule has 0 aromatic heterocycles. The third-order valence-corrected chi connectivity index (χ3v) is 6.79. The van der Waals surface area contributed by atoms with Gasteiger partial charge in [-0.1, -0.05) is 6.42 Å². The molecule has 2 saturated heterocycles. The highest BCUT2D eigenvalue weighted by Gasteiger charge is 2.49. The maximum Gasteiger partial charge on any atom is 0.253 e. The summed E-state index contributed by atoms with van der Waals surface area (Å²) in [5.41, 5.74) is 0.711. The van der Waals surface area contributed by atoms with Gasteiger partial charge in [0.25, 0.3) is 5.91 Å². The first-order chi connectivity index (χ1) is 12.1. The number of aliphatic hydroxyl groups excluding tert-OH is 1. The van der Waals surface area contributed by atoms with Crippen LogP contribution in [0, 0.1) is 17.2 Å². The molecule has 1 amide bonds. The fourth-order valence-electron chi connectivity index (χ4n) is 4.85. The van der Waals surface area contributed by atoms with Gasteiger partial charge in [0, 0.05) is 50.3 Å². The number of benzene rings is 1. The predicted octanol–water partition coefficient (Wildman–Crippen LogP) is 2.52. The number of piperidine rings is 1. The molecule has 1 unspecified atom stereocenters. The van der Waals surface area contributed by atoms with Gasteiger partial charge in [-0.3, -0.25) is 9.69 Å². The van der Waals surface area contributed by atoms with Gasteiger partial charge in [0.05, 0.1) is 0 Å². The maximum atomic E-state index is 13.1. The van der Waals surface area contributed by atoms with Crippen molar-refractivity contribution in [3.8, 4) is 0 Å². The van der Waals surface area contributed by atoms with E-state index in [4.69, 9.17) is 0 Å². The minimum atomic E-state index is -0.318. The van der Waals surface area contributed by atoms with Gasteiger partial charge in [-0.05, 0) is 55.4 Å². The van der Waals surface area contributed by atoms with Gasteiger partial charge in [-0.25, -0.2) is 4.39 Å². The number of aliphatic hydroxyl groups is 1. The Bertz CT molecular complexity index is 621. The molecular formula is C20H27FN2O2. The van der Waals surface area contributed by atoms with Crippen LogP contribution in [0.15, 0.2) is 24.3 Å². The van der Waals surface area contributed by atoms with Gasteiger partial charge < -0.3 is 10.0 Å². The first kappa shape index (κ1) is 17.0. The van der Waals surface area contributed by atoms with Crippen molar-refractivity contribution in [1.29, 1.82) is 0 Å². The van der Waals surface area contributed by atoms with E-state index in [0.717, 1.165) is 39.0 Å².